The van der Waals surface area contributed by atoms with Crippen molar-refractivity contribution >= 4 is 19.7 Å². The highest BCUT2D eigenvalue weighted by atomic mass is 35.7. The van der Waals surface area contributed by atoms with Crippen LogP contribution in [0.25, 0.3) is 0 Å². The van der Waals surface area contributed by atoms with Crippen LogP contribution in [0.4, 0.5) is 0 Å². The molecule has 0 aliphatic carbocycles. The van der Waals surface area contributed by atoms with Crippen LogP contribution in [0.3, 0.4) is 0 Å². The summed E-state index contributed by atoms with van der Waals surface area (Å²) in [5.74, 6) is 0.359. The van der Waals surface area contributed by atoms with Gasteiger partial charge in [-0.3, -0.25) is 0 Å². The van der Waals surface area contributed by atoms with E-state index in [4.69, 9.17) is 20.7 Å². The maximum Gasteiger partial charge on any atom is 0.266 e. The van der Waals surface area contributed by atoms with E-state index in [1.165, 1.54) is 18.3 Å². The molecular weight excluding hydrogens is 312 g/mol. The van der Waals surface area contributed by atoms with Crippen LogP contribution >= 0.6 is 10.7 Å². The second-order valence-corrected chi connectivity index (χ2v) is 6.93. The van der Waals surface area contributed by atoms with Gasteiger partial charge < -0.3 is 4.74 Å². The Morgan fingerprint density at radius 1 is 1.29 bits per heavy atom. The summed E-state index contributed by atoms with van der Waals surface area (Å²) in [5.41, 5.74) is 1.91. The molecule has 108 valence electrons. The molecule has 5 nitrogen and oxygen atoms in total. The molecule has 1 aromatic heterocycles. The summed E-state index contributed by atoms with van der Waals surface area (Å²) in [6, 6.07) is 8.13. The van der Waals surface area contributed by atoms with Crippen LogP contribution in [0, 0.1) is 25.2 Å². The summed E-state index contributed by atoms with van der Waals surface area (Å²) in [5, 5.41) is 8.92. The van der Waals surface area contributed by atoms with Crippen molar-refractivity contribution in [1.82, 2.24) is 4.98 Å². The smallest absolute Gasteiger partial charge is 0.266 e. The molecule has 0 saturated carbocycles. The number of benzene rings is 1. The van der Waals surface area contributed by atoms with Gasteiger partial charge in [0.1, 0.15) is 10.6 Å². The fourth-order valence-electron chi connectivity index (χ4n) is 1.91. The molecule has 0 bridgehead atoms. The minimum atomic E-state index is -3.96. The van der Waals surface area contributed by atoms with Gasteiger partial charge in [-0.15, -0.1) is 0 Å². The third kappa shape index (κ3) is 3.32. The number of nitriles is 1. The topological polar surface area (TPSA) is 80.0 Å². The minimum absolute atomic E-state index is 0.0941. The van der Waals surface area contributed by atoms with Crippen molar-refractivity contribution in [1.29, 1.82) is 5.26 Å². The Kier molecular flexibility index (Phi) is 4.16. The van der Waals surface area contributed by atoms with Gasteiger partial charge in [-0.05, 0) is 49.2 Å². The Morgan fingerprint density at radius 3 is 2.43 bits per heavy atom. The number of hydrogen-bond donors (Lipinski definition) is 0. The quantitative estimate of drug-likeness (QED) is 0.810. The lowest BCUT2D eigenvalue weighted by atomic mass is 10.1. The number of hydrogen-bond acceptors (Lipinski definition) is 5. The molecule has 7 heteroatoms. The van der Waals surface area contributed by atoms with Crippen molar-refractivity contribution in [2.24, 2.45) is 0 Å². The van der Waals surface area contributed by atoms with Crippen LogP contribution < -0.4 is 4.74 Å². The average Bonchev–Trinajstić information content (AvgIpc) is 2.42. The van der Waals surface area contributed by atoms with E-state index in [2.05, 4.69) is 4.98 Å². The zero-order valence-corrected chi connectivity index (χ0v) is 12.9. The first-order valence-electron chi connectivity index (χ1n) is 5.92. The normalized spacial score (nSPS) is 11.0. The molecule has 0 unspecified atom stereocenters. The van der Waals surface area contributed by atoms with Crippen LogP contribution in [0.15, 0.2) is 35.4 Å². The van der Waals surface area contributed by atoms with Crippen LogP contribution in [0.2, 0.25) is 0 Å². The monoisotopic (exact) mass is 322 g/mol. The van der Waals surface area contributed by atoms with Gasteiger partial charge in [0.2, 0.25) is 5.88 Å². The maximum atomic E-state index is 11.5. The fourth-order valence-corrected chi connectivity index (χ4v) is 2.81. The predicted molar refractivity (Wildman–Crippen MR) is 78.0 cm³/mol. The van der Waals surface area contributed by atoms with E-state index < -0.39 is 9.05 Å². The number of halogens is 1. The first-order valence-corrected chi connectivity index (χ1v) is 8.22. The molecule has 0 aliphatic heterocycles. The zero-order valence-electron chi connectivity index (χ0n) is 11.3. The van der Waals surface area contributed by atoms with Gasteiger partial charge in [0, 0.05) is 16.9 Å². The van der Waals surface area contributed by atoms with Crippen LogP contribution in [-0.2, 0) is 9.05 Å². The molecular formula is C14H11ClN2O3S. The van der Waals surface area contributed by atoms with E-state index in [1.54, 1.807) is 26.0 Å². The SMILES string of the molecule is Cc1cc(C#N)cc(C)c1Oc1ncccc1S(=O)(=O)Cl. The molecule has 0 saturated heterocycles. The highest BCUT2D eigenvalue weighted by Gasteiger charge is 2.19. The second-order valence-electron chi connectivity index (χ2n) is 4.40. The van der Waals surface area contributed by atoms with Crippen molar-refractivity contribution in [3.05, 3.63) is 47.2 Å². The van der Waals surface area contributed by atoms with Crippen molar-refractivity contribution in [3.8, 4) is 17.7 Å². The molecule has 0 amide bonds. The van der Waals surface area contributed by atoms with Crippen molar-refractivity contribution in [2.75, 3.05) is 0 Å². The molecule has 2 aromatic rings. The lowest BCUT2D eigenvalue weighted by molar-refractivity contribution is 0.441. The summed E-state index contributed by atoms with van der Waals surface area (Å²) >= 11 is 0. The first-order chi connectivity index (χ1) is 9.82. The van der Waals surface area contributed by atoms with E-state index in [-0.39, 0.29) is 10.8 Å². The molecule has 0 radical (unpaired) electrons. The van der Waals surface area contributed by atoms with Gasteiger partial charge in [-0.25, -0.2) is 13.4 Å². The molecule has 1 heterocycles. The standard InChI is InChI=1S/C14H11ClN2O3S/c1-9-6-11(8-16)7-10(2)13(9)20-14-12(21(15,18)19)4-3-5-17-14/h3-7H,1-2H3. The summed E-state index contributed by atoms with van der Waals surface area (Å²) in [6.45, 7) is 3.53. The van der Waals surface area contributed by atoms with Gasteiger partial charge in [0.05, 0.1) is 11.6 Å². The maximum absolute atomic E-state index is 11.5. The predicted octanol–water partition coefficient (Wildman–Crippen LogP) is 3.29. The third-order valence-electron chi connectivity index (χ3n) is 2.79. The van der Waals surface area contributed by atoms with E-state index in [9.17, 15) is 8.42 Å². The molecule has 0 N–H and O–H groups in total. The lowest BCUT2D eigenvalue weighted by Gasteiger charge is -2.13. The zero-order chi connectivity index (χ0) is 15.6. The summed E-state index contributed by atoms with van der Waals surface area (Å²) in [6.07, 6.45) is 1.41. The largest absolute Gasteiger partial charge is 0.437 e. The van der Waals surface area contributed by atoms with Crippen LogP contribution in [-0.4, -0.2) is 13.4 Å². The van der Waals surface area contributed by atoms with Crippen LogP contribution in [0.5, 0.6) is 11.6 Å². The number of aromatic nitrogens is 1. The highest BCUT2D eigenvalue weighted by Crippen LogP contribution is 2.33. The van der Waals surface area contributed by atoms with E-state index in [0.29, 0.717) is 22.4 Å². The number of pyridine rings is 1. The van der Waals surface area contributed by atoms with Gasteiger partial charge in [-0.2, -0.15) is 5.26 Å². The Balaban J connectivity index is 2.53. The number of nitrogens with zero attached hydrogens (tertiary/aromatic N) is 2. The number of aryl methyl sites for hydroxylation is 2. The van der Waals surface area contributed by atoms with Gasteiger partial charge >= 0.3 is 0 Å². The van der Waals surface area contributed by atoms with Crippen molar-refractivity contribution in [2.45, 2.75) is 18.7 Å². The summed E-state index contributed by atoms with van der Waals surface area (Å²) in [7, 11) is 1.41. The van der Waals surface area contributed by atoms with Crippen LogP contribution in [0.1, 0.15) is 16.7 Å². The van der Waals surface area contributed by atoms with Gasteiger partial charge in [0.25, 0.3) is 9.05 Å². The molecule has 2 rings (SSSR count). The lowest BCUT2D eigenvalue weighted by Crippen LogP contribution is -2.00. The third-order valence-corrected chi connectivity index (χ3v) is 4.12. The number of ether oxygens (including phenoxy) is 1. The Labute approximate surface area is 127 Å². The Bertz CT molecular complexity index is 819. The molecule has 0 aliphatic rings. The average molecular weight is 323 g/mol. The molecule has 0 spiro atoms. The van der Waals surface area contributed by atoms with Gasteiger partial charge in [0.15, 0.2) is 0 Å². The highest BCUT2D eigenvalue weighted by molar-refractivity contribution is 8.13. The molecule has 0 atom stereocenters. The van der Waals surface area contributed by atoms with E-state index in [1.807, 2.05) is 6.07 Å². The second kappa shape index (κ2) is 5.72. The molecule has 0 fully saturated rings. The molecule has 1 aromatic carbocycles. The first kappa shape index (κ1) is 15.3. The van der Waals surface area contributed by atoms with Crippen molar-refractivity contribution in [3.63, 3.8) is 0 Å². The van der Waals surface area contributed by atoms with E-state index >= 15 is 0 Å². The fraction of sp³-hybridized carbons (Fsp3) is 0.143. The minimum Gasteiger partial charge on any atom is -0.437 e. The number of rotatable bonds is 3. The van der Waals surface area contributed by atoms with E-state index in [0.717, 1.165) is 0 Å². The summed E-state index contributed by atoms with van der Waals surface area (Å²) < 4.78 is 28.6. The van der Waals surface area contributed by atoms with Gasteiger partial charge in [-0.1, -0.05) is 0 Å². The Hall–Kier alpha value is -2.10. The van der Waals surface area contributed by atoms with Crippen molar-refractivity contribution < 1.29 is 13.2 Å². The molecule has 21 heavy (non-hydrogen) atoms. The summed E-state index contributed by atoms with van der Waals surface area (Å²) in [4.78, 5) is 3.72. The Morgan fingerprint density at radius 2 is 1.90 bits per heavy atom.